The molecule has 0 radical (unpaired) electrons. The van der Waals surface area contributed by atoms with Gasteiger partial charge in [0.15, 0.2) is 0 Å². The zero-order valence-corrected chi connectivity index (χ0v) is 12.6. The van der Waals surface area contributed by atoms with Gasteiger partial charge in [0.05, 0.1) is 6.42 Å². The van der Waals surface area contributed by atoms with Gasteiger partial charge in [0.2, 0.25) is 0 Å². The average molecular weight is 286 g/mol. The third-order valence-electron chi connectivity index (χ3n) is 3.68. The quantitative estimate of drug-likeness (QED) is 0.800. The molecule has 1 saturated heterocycles. The fourth-order valence-corrected chi connectivity index (χ4v) is 2.52. The van der Waals surface area contributed by atoms with Crippen LogP contribution in [0.2, 0.25) is 0 Å². The number of urea groups is 1. The summed E-state index contributed by atoms with van der Waals surface area (Å²) in [6.45, 7) is 7.44. The number of aliphatic hydroxyl groups excluding tert-OH is 1. The van der Waals surface area contributed by atoms with Crippen LogP contribution in [-0.2, 0) is 4.79 Å². The van der Waals surface area contributed by atoms with Crippen LogP contribution in [0.3, 0.4) is 0 Å². The van der Waals surface area contributed by atoms with Crippen LogP contribution in [0.5, 0.6) is 0 Å². The van der Waals surface area contributed by atoms with E-state index in [1.807, 2.05) is 20.8 Å². The number of hydrogen-bond acceptors (Lipinski definition) is 3. The first kappa shape index (κ1) is 16.8. The van der Waals surface area contributed by atoms with E-state index < -0.39 is 11.5 Å². The van der Waals surface area contributed by atoms with Crippen molar-refractivity contribution in [3.63, 3.8) is 0 Å². The van der Waals surface area contributed by atoms with Crippen LogP contribution in [0.15, 0.2) is 0 Å². The Morgan fingerprint density at radius 2 is 2.00 bits per heavy atom. The van der Waals surface area contributed by atoms with E-state index >= 15 is 0 Å². The van der Waals surface area contributed by atoms with Crippen LogP contribution >= 0.6 is 0 Å². The van der Waals surface area contributed by atoms with Crippen LogP contribution in [0, 0.1) is 5.92 Å². The number of amides is 2. The van der Waals surface area contributed by atoms with Gasteiger partial charge in [-0.15, -0.1) is 0 Å². The minimum absolute atomic E-state index is 0.0447. The van der Waals surface area contributed by atoms with Gasteiger partial charge < -0.3 is 20.0 Å². The molecule has 1 fully saturated rings. The lowest BCUT2D eigenvalue weighted by Gasteiger charge is -2.38. The van der Waals surface area contributed by atoms with Crippen LogP contribution in [-0.4, -0.2) is 63.8 Å². The molecule has 2 N–H and O–H groups in total. The van der Waals surface area contributed by atoms with Crippen molar-refractivity contribution in [2.45, 2.75) is 45.6 Å². The maximum absolute atomic E-state index is 12.6. The molecule has 1 aliphatic rings. The number of carbonyl (C=O) groups is 2. The Morgan fingerprint density at radius 3 is 2.50 bits per heavy atom. The van der Waals surface area contributed by atoms with E-state index in [2.05, 4.69) is 0 Å². The second-order valence-electron chi connectivity index (χ2n) is 6.36. The third-order valence-corrected chi connectivity index (χ3v) is 3.68. The van der Waals surface area contributed by atoms with Crippen molar-refractivity contribution < 1.29 is 19.8 Å². The second kappa shape index (κ2) is 6.92. The summed E-state index contributed by atoms with van der Waals surface area (Å²) >= 11 is 0. The first-order chi connectivity index (χ1) is 9.25. The predicted molar refractivity (Wildman–Crippen MR) is 75.5 cm³/mol. The van der Waals surface area contributed by atoms with Gasteiger partial charge in [0.25, 0.3) is 0 Å². The summed E-state index contributed by atoms with van der Waals surface area (Å²) in [6.07, 6.45) is 1.58. The van der Waals surface area contributed by atoms with E-state index in [1.54, 1.807) is 9.80 Å². The number of hydrogen-bond donors (Lipinski definition) is 2. The van der Waals surface area contributed by atoms with Gasteiger partial charge in [-0.2, -0.15) is 0 Å². The molecule has 0 aromatic rings. The molecule has 1 atom stereocenters. The summed E-state index contributed by atoms with van der Waals surface area (Å²) in [4.78, 5) is 26.7. The molecule has 6 heteroatoms. The first-order valence-electron chi connectivity index (χ1n) is 7.15. The van der Waals surface area contributed by atoms with E-state index in [9.17, 15) is 9.59 Å². The molecule has 1 unspecified atom stereocenters. The predicted octanol–water partition coefficient (Wildman–Crippen LogP) is 1.39. The molecule has 0 aliphatic carbocycles. The highest BCUT2D eigenvalue weighted by molar-refractivity contribution is 5.76. The Hall–Kier alpha value is -1.30. The van der Waals surface area contributed by atoms with E-state index in [4.69, 9.17) is 10.2 Å². The number of carboxylic acid groups (broad SMARTS) is 1. The fourth-order valence-electron chi connectivity index (χ4n) is 2.52. The van der Waals surface area contributed by atoms with Gasteiger partial charge in [-0.1, -0.05) is 0 Å². The maximum atomic E-state index is 12.6. The van der Waals surface area contributed by atoms with Gasteiger partial charge in [0.1, 0.15) is 0 Å². The number of carboxylic acids is 1. The van der Waals surface area contributed by atoms with Crippen molar-refractivity contribution in [3.8, 4) is 0 Å². The van der Waals surface area contributed by atoms with Crippen molar-refractivity contribution in [3.05, 3.63) is 0 Å². The highest BCUT2D eigenvalue weighted by Gasteiger charge is 2.33. The molecular weight excluding hydrogens is 260 g/mol. The number of carbonyl (C=O) groups excluding carboxylic acids is 1. The van der Waals surface area contributed by atoms with Crippen LogP contribution in [0.4, 0.5) is 4.79 Å². The number of nitrogens with zero attached hydrogens (tertiary/aromatic N) is 2. The molecule has 0 aromatic heterocycles. The average Bonchev–Trinajstić information content (AvgIpc) is 2.76. The van der Waals surface area contributed by atoms with E-state index in [1.165, 1.54) is 0 Å². The summed E-state index contributed by atoms with van der Waals surface area (Å²) < 4.78 is 0. The molecule has 116 valence electrons. The monoisotopic (exact) mass is 286 g/mol. The Kier molecular flexibility index (Phi) is 5.80. The molecule has 20 heavy (non-hydrogen) atoms. The molecule has 1 rings (SSSR count). The van der Waals surface area contributed by atoms with Crippen molar-refractivity contribution in [1.29, 1.82) is 0 Å². The van der Waals surface area contributed by atoms with Crippen molar-refractivity contribution in [1.82, 2.24) is 9.80 Å². The van der Waals surface area contributed by atoms with Crippen LogP contribution in [0.25, 0.3) is 0 Å². The van der Waals surface area contributed by atoms with Gasteiger partial charge in [-0.25, -0.2) is 4.79 Å². The number of aliphatic hydroxyl groups is 1. The summed E-state index contributed by atoms with van der Waals surface area (Å²) in [5.41, 5.74) is -0.401. The molecule has 0 spiro atoms. The Balaban J connectivity index is 2.66. The maximum Gasteiger partial charge on any atom is 0.320 e. The van der Waals surface area contributed by atoms with Gasteiger partial charge >= 0.3 is 12.0 Å². The number of rotatable bonds is 5. The Morgan fingerprint density at radius 1 is 1.35 bits per heavy atom. The molecule has 0 saturated carbocycles. The molecule has 2 amide bonds. The van der Waals surface area contributed by atoms with Crippen LogP contribution < -0.4 is 0 Å². The highest BCUT2D eigenvalue weighted by Crippen LogP contribution is 2.23. The minimum Gasteiger partial charge on any atom is -0.481 e. The van der Waals surface area contributed by atoms with Gasteiger partial charge in [-0.05, 0) is 39.5 Å². The summed E-state index contributed by atoms with van der Waals surface area (Å²) in [5, 5.41) is 17.8. The SMILES string of the molecule is CC(C)(C)N(CCC(=O)O)C(=O)N1CCC(CCO)C1. The van der Waals surface area contributed by atoms with Crippen molar-refractivity contribution >= 4 is 12.0 Å². The molecule has 1 heterocycles. The Labute approximate surface area is 120 Å². The lowest BCUT2D eigenvalue weighted by molar-refractivity contribution is -0.137. The molecule has 1 aliphatic heterocycles. The number of likely N-dealkylation sites (tertiary alicyclic amines) is 1. The highest BCUT2D eigenvalue weighted by atomic mass is 16.4. The van der Waals surface area contributed by atoms with Gasteiger partial charge in [-0.3, -0.25) is 4.79 Å². The van der Waals surface area contributed by atoms with E-state index in [0.29, 0.717) is 25.4 Å². The zero-order valence-electron chi connectivity index (χ0n) is 12.6. The molecular formula is C14H26N2O4. The summed E-state index contributed by atoms with van der Waals surface area (Å²) in [6, 6.07) is -0.0980. The lowest BCUT2D eigenvalue weighted by atomic mass is 10.1. The standard InChI is InChI=1S/C14H26N2O4/c1-14(2,3)16(8-5-12(18)19)13(20)15-7-4-11(10-15)6-9-17/h11,17H,4-10H2,1-3H3,(H,18,19). The second-order valence-corrected chi connectivity index (χ2v) is 6.36. The summed E-state index contributed by atoms with van der Waals surface area (Å²) in [7, 11) is 0. The topological polar surface area (TPSA) is 81.1 Å². The fraction of sp³-hybridized carbons (Fsp3) is 0.857. The smallest absolute Gasteiger partial charge is 0.320 e. The zero-order chi connectivity index (χ0) is 15.3. The van der Waals surface area contributed by atoms with Crippen molar-refractivity contribution in [2.24, 2.45) is 5.92 Å². The normalized spacial score (nSPS) is 19.2. The third kappa shape index (κ3) is 4.67. The largest absolute Gasteiger partial charge is 0.481 e. The van der Waals surface area contributed by atoms with Crippen molar-refractivity contribution in [2.75, 3.05) is 26.2 Å². The van der Waals surface area contributed by atoms with E-state index in [-0.39, 0.29) is 25.6 Å². The van der Waals surface area contributed by atoms with Gasteiger partial charge in [0, 0.05) is 31.8 Å². The first-order valence-corrected chi connectivity index (χ1v) is 7.15. The molecule has 0 bridgehead atoms. The van der Waals surface area contributed by atoms with Crippen LogP contribution in [0.1, 0.15) is 40.0 Å². The lowest BCUT2D eigenvalue weighted by Crippen LogP contribution is -2.52. The molecule has 6 nitrogen and oxygen atoms in total. The Bertz CT molecular complexity index is 352. The summed E-state index contributed by atoms with van der Waals surface area (Å²) in [5.74, 6) is -0.545. The van der Waals surface area contributed by atoms with E-state index in [0.717, 1.165) is 6.42 Å². The molecule has 0 aromatic carbocycles. The number of aliphatic carboxylic acids is 1. The minimum atomic E-state index is -0.897.